The molecule has 0 saturated carbocycles. The summed E-state index contributed by atoms with van der Waals surface area (Å²) in [7, 11) is 0. The van der Waals surface area contributed by atoms with Crippen molar-refractivity contribution in [3.05, 3.63) is 84.4 Å². The summed E-state index contributed by atoms with van der Waals surface area (Å²) in [5.41, 5.74) is 2.11. The zero-order valence-corrected chi connectivity index (χ0v) is 15.1. The van der Waals surface area contributed by atoms with Crippen LogP contribution in [0.5, 0.6) is 0 Å². The van der Waals surface area contributed by atoms with E-state index in [4.69, 9.17) is 18.1 Å². The Hall–Kier alpha value is -4.13. The van der Waals surface area contributed by atoms with Crippen molar-refractivity contribution in [3.8, 4) is 23.0 Å². The molecule has 1 aromatic carbocycles. The van der Waals surface area contributed by atoms with Gasteiger partial charge in [0.15, 0.2) is 11.5 Å². The molecule has 0 unspecified atom stereocenters. The van der Waals surface area contributed by atoms with Crippen molar-refractivity contribution in [2.45, 2.75) is 6.61 Å². The first-order valence-corrected chi connectivity index (χ1v) is 8.88. The Labute approximate surface area is 164 Å². The molecule has 0 aliphatic rings. The van der Waals surface area contributed by atoms with Crippen molar-refractivity contribution in [1.82, 2.24) is 10.1 Å². The van der Waals surface area contributed by atoms with Gasteiger partial charge in [-0.15, -0.1) is 0 Å². The Morgan fingerprint density at radius 3 is 2.48 bits per heavy atom. The molecule has 0 N–H and O–H groups in total. The monoisotopic (exact) mass is 386 g/mol. The predicted molar refractivity (Wildman–Crippen MR) is 103 cm³/mol. The summed E-state index contributed by atoms with van der Waals surface area (Å²) >= 11 is 0. The fraction of sp³-hybridized carbons (Fsp3) is 0.0455. The molecule has 5 rings (SSSR count). The number of benzene rings is 1. The van der Waals surface area contributed by atoms with Gasteiger partial charge in [0, 0.05) is 11.5 Å². The maximum absolute atomic E-state index is 12.8. The smallest absolute Gasteiger partial charge is 0.339 e. The van der Waals surface area contributed by atoms with Gasteiger partial charge in [-0.05, 0) is 36.4 Å². The van der Waals surface area contributed by atoms with Gasteiger partial charge in [-0.25, -0.2) is 9.78 Å². The van der Waals surface area contributed by atoms with Crippen molar-refractivity contribution in [2.24, 2.45) is 0 Å². The lowest BCUT2D eigenvalue weighted by Gasteiger charge is -2.08. The van der Waals surface area contributed by atoms with Crippen LogP contribution in [0.2, 0.25) is 0 Å². The van der Waals surface area contributed by atoms with Gasteiger partial charge in [0.2, 0.25) is 5.76 Å². The minimum Gasteiger partial charge on any atom is -0.463 e. The Bertz CT molecular complexity index is 1270. The fourth-order valence-electron chi connectivity index (χ4n) is 3.03. The molecule has 0 bridgehead atoms. The number of esters is 1. The van der Waals surface area contributed by atoms with Crippen molar-refractivity contribution in [1.29, 1.82) is 0 Å². The molecule has 0 aliphatic heterocycles. The lowest BCUT2D eigenvalue weighted by molar-refractivity contribution is 0.0466. The van der Waals surface area contributed by atoms with Gasteiger partial charge in [0.25, 0.3) is 0 Å². The van der Waals surface area contributed by atoms with Gasteiger partial charge in [0.1, 0.15) is 18.0 Å². The van der Waals surface area contributed by atoms with E-state index >= 15 is 0 Å². The Morgan fingerprint density at radius 1 is 0.897 bits per heavy atom. The third-order valence-electron chi connectivity index (χ3n) is 4.38. The van der Waals surface area contributed by atoms with Gasteiger partial charge in [0.05, 0.1) is 23.6 Å². The quantitative estimate of drug-likeness (QED) is 0.388. The SMILES string of the molecule is O=C(OCc1cc(-c2ccco2)on1)c1cc(-c2ccco2)nc2ccccc12. The maximum Gasteiger partial charge on any atom is 0.339 e. The number of carbonyl (C=O) groups is 1. The van der Waals surface area contributed by atoms with E-state index in [0.29, 0.717) is 45.1 Å². The lowest BCUT2D eigenvalue weighted by Crippen LogP contribution is -2.07. The number of fused-ring (bicyclic) bond motifs is 1. The number of furan rings is 2. The van der Waals surface area contributed by atoms with E-state index in [-0.39, 0.29) is 6.61 Å². The van der Waals surface area contributed by atoms with Gasteiger partial charge in [-0.3, -0.25) is 0 Å². The summed E-state index contributed by atoms with van der Waals surface area (Å²) < 4.78 is 21.4. The molecule has 4 aromatic heterocycles. The summed E-state index contributed by atoms with van der Waals surface area (Å²) in [5.74, 6) is 1.11. The van der Waals surface area contributed by atoms with E-state index in [1.54, 1.807) is 48.9 Å². The zero-order valence-electron chi connectivity index (χ0n) is 15.1. The van der Waals surface area contributed by atoms with Crippen LogP contribution in [0, 0.1) is 0 Å². The third-order valence-corrected chi connectivity index (χ3v) is 4.38. The molecular formula is C22H14N2O5. The number of carbonyl (C=O) groups excluding carboxylic acids is 1. The molecule has 29 heavy (non-hydrogen) atoms. The molecule has 142 valence electrons. The second kappa shape index (κ2) is 7.12. The molecule has 0 aliphatic carbocycles. The highest BCUT2D eigenvalue weighted by molar-refractivity contribution is 6.04. The zero-order chi connectivity index (χ0) is 19.6. The third kappa shape index (κ3) is 3.29. The van der Waals surface area contributed by atoms with Crippen LogP contribution in [-0.2, 0) is 11.3 Å². The highest BCUT2D eigenvalue weighted by Crippen LogP contribution is 2.26. The number of nitrogens with zero attached hydrogens (tertiary/aromatic N) is 2. The summed E-state index contributed by atoms with van der Waals surface area (Å²) in [6, 6.07) is 17.8. The number of hydrogen-bond donors (Lipinski definition) is 0. The molecule has 0 saturated heterocycles. The molecule has 0 spiro atoms. The number of ether oxygens (including phenoxy) is 1. The molecule has 0 fully saturated rings. The molecule has 7 heteroatoms. The van der Waals surface area contributed by atoms with E-state index in [2.05, 4.69) is 10.1 Å². The molecule has 0 atom stereocenters. The number of rotatable bonds is 5. The number of pyridine rings is 1. The van der Waals surface area contributed by atoms with Gasteiger partial charge in [-0.2, -0.15) is 0 Å². The molecule has 4 heterocycles. The minimum atomic E-state index is -0.487. The van der Waals surface area contributed by atoms with Crippen molar-refractivity contribution in [2.75, 3.05) is 0 Å². The summed E-state index contributed by atoms with van der Waals surface area (Å²) in [5, 5.41) is 4.62. The Balaban J connectivity index is 1.42. The fourth-order valence-corrected chi connectivity index (χ4v) is 3.03. The van der Waals surface area contributed by atoms with E-state index in [1.165, 1.54) is 0 Å². The van der Waals surface area contributed by atoms with E-state index < -0.39 is 5.97 Å². The van der Waals surface area contributed by atoms with Crippen molar-refractivity contribution < 1.29 is 22.9 Å². The van der Waals surface area contributed by atoms with Crippen LogP contribution >= 0.6 is 0 Å². The molecule has 0 amide bonds. The topological polar surface area (TPSA) is 91.5 Å². The second-order valence-electron chi connectivity index (χ2n) is 6.29. The van der Waals surface area contributed by atoms with Crippen LogP contribution in [0.3, 0.4) is 0 Å². The molecule has 5 aromatic rings. The second-order valence-corrected chi connectivity index (χ2v) is 6.29. The predicted octanol–water partition coefficient (Wildman–Crippen LogP) is 5.10. The van der Waals surface area contributed by atoms with Crippen LogP contribution in [0.15, 0.2) is 86.5 Å². The molecule has 0 radical (unpaired) electrons. The largest absolute Gasteiger partial charge is 0.463 e. The highest BCUT2D eigenvalue weighted by Gasteiger charge is 2.17. The maximum atomic E-state index is 12.8. The first-order valence-electron chi connectivity index (χ1n) is 8.88. The average Bonchev–Trinajstić information content (AvgIpc) is 3.53. The summed E-state index contributed by atoms with van der Waals surface area (Å²) in [6.45, 7) is -0.0320. The standard InChI is InChI=1S/C22H14N2O5/c25-22(28-13-14-11-21(29-24-14)20-8-4-10-27-20)16-12-18(19-7-3-9-26-19)23-17-6-2-1-5-15(16)17/h1-12H,13H2. The van der Waals surface area contributed by atoms with E-state index in [9.17, 15) is 4.79 Å². The molecular weight excluding hydrogens is 372 g/mol. The highest BCUT2D eigenvalue weighted by atomic mass is 16.5. The first kappa shape index (κ1) is 17.0. The van der Waals surface area contributed by atoms with Crippen molar-refractivity contribution in [3.63, 3.8) is 0 Å². The van der Waals surface area contributed by atoms with Gasteiger partial charge < -0.3 is 18.1 Å². The number of para-hydroxylation sites is 1. The van der Waals surface area contributed by atoms with E-state index in [1.807, 2.05) is 24.3 Å². The summed E-state index contributed by atoms with van der Waals surface area (Å²) in [6.07, 6.45) is 3.11. The Morgan fingerprint density at radius 2 is 1.69 bits per heavy atom. The molecule has 7 nitrogen and oxygen atoms in total. The van der Waals surface area contributed by atoms with E-state index in [0.717, 1.165) is 0 Å². The first-order chi connectivity index (χ1) is 14.3. The minimum absolute atomic E-state index is 0.0320. The average molecular weight is 386 g/mol. The lowest BCUT2D eigenvalue weighted by atomic mass is 10.1. The summed E-state index contributed by atoms with van der Waals surface area (Å²) in [4.78, 5) is 17.4. The number of hydrogen-bond acceptors (Lipinski definition) is 7. The van der Waals surface area contributed by atoms with Gasteiger partial charge >= 0.3 is 5.97 Å². The van der Waals surface area contributed by atoms with Crippen LogP contribution in [0.1, 0.15) is 16.1 Å². The van der Waals surface area contributed by atoms with Gasteiger partial charge in [-0.1, -0.05) is 23.4 Å². The Kier molecular flexibility index (Phi) is 4.18. The van der Waals surface area contributed by atoms with Crippen molar-refractivity contribution >= 4 is 16.9 Å². The van der Waals surface area contributed by atoms with Crippen LogP contribution in [-0.4, -0.2) is 16.1 Å². The van der Waals surface area contributed by atoms with Crippen LogP contribution < -0.4 is 0 Å². The normalized spacial score (nSPS) is 11.0. The van der Waals surface area contributed by atoms with Crippen LogP contribution in [0.4, 0.5) is 0 Å². The number of aromatic nitrogens is 2. The van der Waals surface area contributed by atoms with Crippen LogP contribution in [0.25, 0.3) is 33.9 Å².